The largest absolute Gasteiger partial charge is 0.450 e. The van der Waals surface area contributed by atoms with Gasteiger partial charge in [0.1, 0.15) is 11.6 Å². The minimum Gasteiger partial charge on any atom is -0.450 e. The van der Waals surface area contributed by atoms with Gasteiger partial charge in [-0.05, 0) is 55.0 Å². The van der Waals surface area contributed by atoms with Gasteiger partial charge in [-0.25, -0.2) is 14.8 Å². The molecule has 1 amide bonds. The Morgan fingerprint density at radius 2 is 1.93 bits per heavy atom. The summed E-state index contributed by atoms with van der Waals surface area (Å²) in [5, 5.41) is 2.63. The minimum absolute atomic E-state index is 0.261. The summed E-state index contributed by atoms with van der Waals surface area (Å²) in [4.78, 5) is 20.4. The number of carbonyl (C=O) groups excluding carboxylic acids is 1. The molecule has 0 saturated carbocycles. The lowest BCUT2D eigenvalue weighted by Crippen LogP contribution is -2.15. The van der Waals surface area contributed by atoms with E-state index in [0.717, 1.165) is 11.1 Å². The Morgan fingerprint density at radius 3 is 2.64 bits per heavy atom. The molecule has 0 spiro atoms. The molecule has 7 nitrogen and oxygen atoms in total. The van der Waals surface area contributed by atoms with Gasteiger partial charge in [0.2, 0.25) is 5.88 Å². The number of amides is 1. The first-order chi connectivity index (χ1) is 13.6. The summed E-state index contributed by atoms with van der Waals surface area (Å²) in [5.74, 6) is 1.35. The van der Waals surface area contributed by atoms with Gasteiger partial charge in [0.15, 0.2) is 0 Å². The van der Waals surface area contributed by atoms with Gasteiger partial charge in [-0.15, -0.1) is 0 Å². The molecule has 3 aromatic rings. The number of nitrogen functional groups attached to an aromatic ring is 1. The van der Waals surface area contributed by atoms with Crippen LogP contribution in [0.2, 0.25) is 0 Å². The van der Waals surface area contributed by atoms with Gasteiger partial charge in [0.25, 0.3) is 0 Å². The van der Waals surface area contributed by atoms with Crippen LogP contribution in [0.1, 0.15) is 12.5 Å². The zero-order chi connectivity index (χ0) is 19.9. The normalized spacial score (nSPS) is 10.2. The van der Waals surface area contributed by atoms with Crippen LogP contribution in [0.15, 0.2) is 61.4 Å². The van der Waals surface area contributed by atoms with Crippen LogP contribution >= 0.6 is 0 Å². The zero-order valence-corrected chi connectivity index (χ0v) is 15.4. The fourth-order valence-corrected chi connectivity index (χ4v) is 2.60. The molecular formula is C21H20N4O3. The molecule has 28 heavy (non-hydrogen) atoms. The monoisotopic (exact) mass is 376 g/mol. The van der Waals surface area contributed by atoms with Gasteiger partial charge >= 0.3 is 6.09 Å². The highest BCUT2D eigenvalue weighted by Gasteiger charge is 2.16. The highest BCUT2D eigenvalue weighted by molar-refractivity contribution is 5.90. The second-order valence-electron chi connectivity index (χ2n) is 5.70. The lowest BCUT2D eigenvalue weighted by atomic mass is 10.0. The summed E-state index contributed by atoms with van der Waals surface area (Å²) in [6.07, 6.45) is 4.26. The number of benzene rings is 1. The van der Waals surface area contributed by atoms with Crippen molar-refractivity contribution in [3.63, 3.8) is 0 Å². The molecule has 3 rings (SSSR count). The molecule has 2 heterocycles. The smallest absolute Gasteiger partial charge is 0.412 e. The first-order valence-electron chi connectivity index (χ1n) is 8.66. The molecular weight excluding hydrogens is 356 g/mol. The number of pyridine rings is 2. The maximum atomic E-state index is 11.8. The Labute approximate surface area is 162 Å². The molecule has 3 N–H and O–H groups in total. The number of ether oxygens (including phenoxy) is 2. The molecule has 0 atom stereocenters. The van der Waals surface area contributed by atoms with E-state index in [1.54, 1.807) is 61.8 Å². The topological polar surface area (TPSA) is 99.4 Å². The summed E-state index contributed by atoms with van der Waals surface area (Å²) < 4.78 is 10.9. The lowest BCUT2D eigenvalue weighted by molar-refractivity contribution is 0.168. The molecule has 2 aromatic heterocycles. The fourth-order valence-electron chi connectivity index (χ4n) is 2.60. The first-order valence-corrected chi connectivity index (χ1v) is 8.66. The molecule has 0 bridgehead atoms. The van der Waals surface area contributed by atoms with E-state index in [4.69, 9.17) is 15.2 Å². The second-order valence-corrected chi connectivity index (χ2v) is 5.70. The summed E-state index contributed by atoms with van der Waals surface area (Å²) in [6, 6.07) is 12.5. The lowest BCUT2D eigenvalue weighted by Gasteiger charge is -2.14. The maximum Gasteiger partial charge on any atom is 0.412 e. The van der Waals surface area contributed by atoms with E-state index >= 15 is 0 Å². The Morgan fingerprint density at radius 1 is 1.14 bits per heavy atom. The van der Waals surface area contributed by atoms with Crippen LogP contribution in [0, 0.1) is 0 Å². The highest BCUT2D eigenvalue weighted by atomic mass is 16.5. The summed E-state index contributed by atoms with van der Waals surface area (Å²) in [5.41, 5.74) is 8.48. The number of hydrogen-bond donors (Lipinski definition) is 2. The highest BCUT2D eigenvalue weighted by Crippen LogP contribution is 2.36. The predicted molar refractivity (Wildman–Crippen MR) is 109 cm³/mol. The van der Waals surface area contributed by atoms with E-state index in [2.05, 4.69) is 21.9 Å². The number of aromatic nitrogens is 2. The third kappa shape index (κ3) is 4.27. The average molecular weight is 376 g/mol. The van der Waals surface area contributed by atoms with Crippen molar-refractivity contribution in [2.75, 3.05) is 17.7 Å². The molecule has 0 fully saturated rings. The Hall–Kier alpha value is -3.87. The van der Waals surface area contributed by atoms with Crippen LogP contribution in [0.5, 0.6) is 11.6 Å². The number of nitrogens with zero attached hydrogens (tertiary/aromatic N) is 2. The minimum atomic E-state index is -0.584. The van der Waals surface area contributed by atoms with Crippen molar-refractivity contribution in [3.8, 4) is 22.8 Å². The Balaban J connectivity index is 2.00. The summed E-state index contributed by atoms with van der Waals surface area (Å²) in [7, 11) is 0. The van der Waals surface area contributed by atoms with Crippen LogP contribution in [-0.2, 0) is 4.74 Å². The molecule has 0 saturated heterocycles. The van der Waals surface area contributed by atoms with Crippen molar-refractivity contribution in [1.82, 2.24) is 9.97 Å². The van der Waals surface area contributed by atoms with E-state index in [9.17, 15) is 4.79 Å². The van der Waals surface area contributed by atoms with Crippen molar-refractivity contribution < 1.29 is 14.3 Å². The SMILES string of the molecule is C=Cc1c(-c2cccnc2Oc2ccc(N)cc2)ccnc1NC(=O)OCC. The van der Waals surface area contributed by atoms with E-state index in [1.807, 2.05) is 6.07 Å². The van der Waals surface area contributed by atoms with Crippen LogP contribution < -0.4 is 15.8 Å². The van der Waals surface area contributed by atoms with E-state index < -0.39 is 6.09 Å². The summed E-state index contributed by atoms with van der Waals surface area (Å²) in [6.45, 7) is 5.84. The second kappa shape index (κ2) is 8.68. The van der Waals surface area contributed by atoms with E-state index in [0.29, 0.717) is 28.7 Å². The van der Waals surface area contributed by atoms with Gasteiger partial charge < -0.3 is 15.2 Å². The summed E-state index contributed by atoms with van der Waals surface area (Å²) >= 11 is 0. The van der Waals surface area contributed by atoms with Crippen LogP contribution in [0.4, 0.5) is 16.3 Å². The van der Waals surface area contributed by atoms with Gasteiger partial charge in [0.05, 0.1) is 6.61 Å². The third-order valence-electron chi connectivity index (χ3n) is 3.85. The van der Waals surface area contributed by atoms with Crippen molar-refractivity contribution >= 4 is 23.7 Å². The number of carbonyl (C=O) groups is 1. The maximum absolute atomic E-state index is 11.8. The predicted octanol–water partition coefficient (Wildman–Crippen LogP) is 4.73. The molecule has 1 aromatic carbocycles. The number of hydrogen-bond acceptors (Lipinski definition) is 6. The van der Waals surface area contributed by atoms with E-state index in [1.165, 1.54) is 0 Å². The average Bonchev–Trinajstić information content (AvgIpc) is 2.70. The van der Waals surface area contributed by atoms with E-state index in [-0.39, 0.29) is 6.61 Å². The van der Waals surface area contributed by atoms with Crippen molar-refractivity contribution in [2.24, 2.45) is 0 Å². The number of nitrogens with two attached hydrogens (primary N) is 1. The van der Waals surface area contributed by atoms with Crippen LogP contribution in [0.3, 0.4) is 0 Å². The van der Waals surface area contributed by atoms with Crippen molar-refractivity contribution in [2.45, 2.75) is 6.92 Å². The fraction of sp³-hybridized carbons (Fsp3) is 0.0952. The number of nitrogens with one attached hydrogen (secondary N) is 1. The molecule has 7 heteroatoms. The molecule has 0 radical (unpaired) electrons. The Bertz CT molecular complexity index is 987. The first kappa shape index (κ1) is 18.9. The number of anilines is 2. The zero-order valence-electron chi connectivity index (χ0n) is 15.4. The standard InChI is InChI=1S/C21H20N4O3/c1-3-16-17(11-13-23-19(16)25-21(26)27-4-2)18-6-5-12-24-20(18)28-15-9-7-14(22)8-10-15/h3,5-13H,1,4,22H2,2H3,(H,23,25,26). The van der Waals surface area contributed by atoms with Gasteiger partial charge in [0, 0.05) is 29.2 Å². The molecule has 142 valence electrons. The third-order valence-corrected chi connectivity index (χ3v) is 3.85. The van der Waals surface area contributed by atoms with Crippen molar-refractivity contribution in [3.05, 3.63) is 67.0 Å². The van der Waals surface area contributed by atoms with Gasteiger partial charge in [-0.3, -0.25) is 5.32 Å². The van der Waals surface area contributed by atoms with Gasteiger partial charge in [-0.1, -0.05) is 12.7 Å². The molecule has 0 aliphatic rings. The van der Waals surface area contributed by atoms with Crippen LogP contribution in [-0.4, -0.2) is 22.7 Å². The van der Waals surface area contributed by atoms with Gasteiger partial charge in [-0.2, -0.15) is 0 Å². The Kier molecular flexibility index (Phi) is 5.86. The van der Waals surface area contributed by atoms with Crippen molar-refractivity contribution in [1.29, 1.82) is 0 Å². The quantitative estimate of drug-likeness (QED) is 0.603. The molecule has 0 unspecified atom stereocenters. The number of rotatable bonds is 6. The molecule has 0 aliphatic carbocycles. The molecule has 0 aliphatic heterocycles. The van der Waals surface area contributed by atoms with Crippen LogP contribution in [0.25, 0.3) is 17.2 Å².